The highest BCUT2D eigenvalue weighted by atomic mass is 32.1. The summed E-state index contributed by atoms with van der Waals surface area (Å²) in [6.07, 6.45) is 5.71. The van der Waals surface area contributed by atoms with Gasteiger partial charge >= 0.3 is 0 Å². The molecule has 0 unspecified atom stereocenters. The topological polar surface area (TPSA) is 17.1 Å². The van der Waals surface area contributed by atoms with Gasteiger partial charge in [0, 0.05) is 15.2 Å². The molecule has 2 aromatic carbocycles. The Morgan fingerprint density at radius 3 is 2.67 bits per heavy atom. The van der Waals surface area contributed by atoms with E-state index >= 15 is 0 Å². The number of carbonyl (C=O) groups is 1. The molecular formula is C22H18OS. The molecule has 24 heavy (non-hydrogen) atoms. The lowest BCUT2D eigenvalue weighted by Crippen LogP contribution is -2.04. The van der Waals surface area contributed by atoms with Crippen LogP contribution in [0.4, 0.5) is 0 Å². The second kappa shape index (κ2) is 6.21. The number of aryl methyl sites for hydroxylation is 1. The van der Waals surface area contributed by atoms with E-state index in [4.69, 9.17) is 0 Å². The van der Waals surface area contributed by atoms with Crippen LogP contribution in [0.5, 0.6) is 0 Å². The lowest BCUT2D eigenvalue weighted by molar-refractivity contribution is -0.112. The van der Waals surface area contributed by atoms with Gasteiger partial charge in [-0.2, -0.15) is 0 Å². The van der Waals surface area contributed by atoms with Crippen LogP contribution in [0, 0.1) is 0 Å². The second-order valence-electron chi connectivity index (χ2n) is 6.15. The Balaban J connectivity index is 1.95. The van der Waals surface area contributed by atoms with Gasteiger partial charge in [0.2, 0.25) is 0 Å². The number of carbonyl (C=O) groups excluding carboxylic acids is 1. The van der Waals surface area contributed by atoms with E-state index in [1.54, 1.807) is 13.0 Å². The molecule has 1 aliphatic rings. The average Bonchev–Trinajstić information content (AvgIpc) is 3.02. The third kappa shape index (κ3) is 2.74. The summed E-state index contributed by atoms with van der Waals surface area (Å²) >= 11 is 1.83. The van der Waals surface area contributed by atoms with Gasteiger partial charge < -0.3 is 0 Å². The zero-order valence-corrected chi connectivity index (χ0v) is 14.4. The van der Waals surface area contributed by atoms with Crippen LogP contribution in [0.15, 0.2) is 72.3 Å². The predicted octanol–water partition coefficient (Wildman–Crippen LogP) is 5.79. The fraction of sp³-hybridized carbons (Fsp3) is 0.136. The number of hydrogen-bond donors (Lipinski definition) is 0. The monoisotopic (exact) mass is 330 g/mol. The molecule has 0 radical (unpaired) electrons. The van der Waals surface area contributed by atoms with Crippen LogP contribution in [0.2, 0.25) is 0 Å². The Morgan fingerprint density at radius 1 is 1.04 bits per heavy atom. The van der Waals surface area contributed by atoms with Crippen molar-refractivity contribution in [2.75, 3.05) is 0 Å². The van der Waals surface area contributed by atoms with E-state index in [1.165, 1.54) is 37.2 Å². The lowest BCUT2D eigenvalue weighted by atomic mass is 9.84. The molecule has 1 heterocycles. The van der Waals surface area contributed by atoms with Crippen molar-refractivity contribution in [1.82, 2.24) is 0 Å². The molecule has 1 aliphatic carbocycles. The molecule has 0 saturated heterocycles. The standard InChI is InChI=1S/C22H18OS/c1-15(23)10-11-17-13-12-16-6-2-4-8-19(16)22(17)21-14-18-7-3-5-9-20(18)24-21/h2-11,14H,12-13H2,1H3/b11-10+. The molecule has 0 atom stereocenters. The summed E-state index contributed by atoms with van der Waals surface area (Å²) in [4.78, 5) is 12.7. The van der Waals surface area contributed by atoms with Crippen molar-refractivity contribution in [3.8, 4) is 0 Å². The van der Waals surface area contributed by atoms with Crippen LogP contribution >= 0.6 is 11.3 Å². The van der Waals surface area contributed by atoms with E-state index < -0.39 is 0 Å². The van der Waals surface area contributed by atoms with Crippen molar-refractivity contribution < 1.29 is 4.79 Å². The first-order valence-corrected chi connectivity index (χ1v) is 9.03. The minimum Gasteiger partial charge on any atom is -0.295 e. The molecule has 1 aromatic heterocycles. The first-order chi connectivity index (χ1) is 11.7. The summed E-state index contributed by atoms with van der Waals surface area (Å²) in [5.41, 5.74) is 5.24. The number of ketones is 1. The number of hydrogen-bond acceptors (Lipinski definition) is 2. The quantitative estimate of drug-likeness (QED) is 0.555. The molecule has 0 spiro atoms. The zero-order valence-electron chi connectivity index (χ0n) is 13.6. The molecule has 0 N–H and O–H groups in total. The second-order valence-corrected chi connectivity index (χ2v) is 7.23. The van der Waals surface area contributed by atoms with Crippen LogP contribution < -0.4 is 0 Å². The maximum atomic E-state index is 11.4. The van der Waals surface area contributed by atoms with Gasteiger partial charge in [-0.05, 0) is 60.1 Å². The third-order valence-corrected chi connectivity index (χ3v) is 5.60. The molecule has 0 amide bonds. The van der Waals surface area contributed by atoms with Gasteiger partial charge in [-0.15, -0.1) is 11.3 Å². The predicted molar refractivity (Wildman–Crippen MR) is 102 cm³/mol. The molecule has 0 bridgehead atoms. The molecule has 118 valence electrons. The van der Waals surface area contributed by atoms with Crippen molar-refractivity contribution in [1.29, 1.82) is 0 Å². The molecule has 0 aliphatic heterocycles. The van der Waals surface area contributed by atoms with Gasteiger partial charge in [0.25, 0.3) is 0 Å². The Morgan fingerprint density at radius 2 is 1.83 bits per heavy atom. The Bertz CT molecular complexity index is 955. The van der Waals surface area contributed by atoms with Crippen LogP contribution in [0.3, 0.4) is 0 Å². The minimum absolute atomic E-state index is 0.0945. The van der Waals surface area contributed by atoms with Crippen molar-refractivity contribution in [3.05, 3.63) is 88.3 Å². The molecular weight excluding hydrogens is 312 g/mol. The van der Waals surface area contributed by atoms with Crippen molar-refractivity contribution in [2.24, 2.45) is 0 Å². The van der Waals surface area contributed by atoms with Gasteiger partial charge in [0.1, 0.15) is 0 Å². The molecule has 0 saturated carbocycles. The molecule has 0 fully saturated rings. The molecule has 4 rings (SSSR count). The number of thiophene rings is 1. The fourth-order valence-corrected chi connectivity index (χ4v) is 4.49. The van der Waals surface area contributed by atoms with Gasteiger partial charge in [-0.3, -0.25) is 4.79 Å². The third-order valence-electron chi connectivity index (χ3n) is 4.46. The van der Waals surface area contributed by atoms with E-state index in [-0.39, 0.29) is 5.78 Å². The van der Waals surface area contributed by atoms with Crippen LogP contribution in [0.1, 0.15) is 29.3 Å². The van der Waals surface area contributed by atoms with E-state index in [0.29, 0.717) is 0 Å². The highest BCUT2D eigenvalue weighted by molar-refractivity contribution is 7.20. The first-order valence-electron chi connectivity index (χ1n) is 8.21. The Kier molecular flexibility index (Phi) is 3.91. The highest BCUT2D eigenvalue weighted by Crippen LogP contribution is 2.41. The Labute approximate surface area is 146 Å². The number of rotatable bonds is 3. The Hall–Kier alpha value is -2.45. The number of benzene rings is 2. The van der Waals surface area contributed by atoms with Crippen LogP contribution in [-0.4, -0.2) is 5.78 Å². The van der Waals surface area contributed by atoms with E-state index in [9.17, 15) is 4.79 Å². The summed E-state index contributed by atoms with van der Waals surface area (Å²) in [6.45, 7) is 1.60. The number of allylic oxidation sites excluding steroid dienone is 3. The SMILES string of the molecule is CC(=O)/C=C/C1=C(c2cc3ccccc3s2)c2ccccc2CC1. The molecule has 2 heteroatoms. The molecule has 1 nitrogen and oxygen atoms in total. The number of fused-ring (bicyclic) bond motifs is 2. The fourth-order valence-electron chi connectivity index (χ4n) is 3.33. The largest absolute Gasteiger partial charge is 0.295 e. The first kappa shape index (κ1) is 15.1. The minimum atomic E-state index is 0.0945. The van der Waals surface area contributed by atoms with E-state index in [1.807, 2.05) is 17.4 Å². The van der Waals surface area contributed by atoms with Crippen molar-refractivity contribution in [2.45, 2.75) is 19.8 Å². The van der Waals surface area contributed by atoms with E-state index in [0.717, 1.165) is 12.8 Å². The van der Waals surface area contributed by atoms with Crippen molar-refractivity contribution >= 4 is 32.8 Å². The van der Waals surface area contributed by atoms with Crippen LogP contribution in [-0.2, 0) is 11.2 Å². The normalized spacial score (nSPS) is 14.4. The van der Waals surface area contributed by atoms with Crippen LogP contribution in [0.25, 0.3) is 15.7 Å². The molecule has 3 aromatic rings. The smallest absolute Gasteiger partial charge is 0.152 e. The maximum Gasteiger partial charge on any atom is 0.152 e. The van der Waals surface area contributed by atoms with E-state index in [2.05, 4.69) is 54.6 Å². The van der Waals surface area contributed by atoms with Gasteiger partial charge in [0.15, 0.2) is 5.78 Å². The summed E-state index contributed by atoms with van der Waals surface area (Å²) in [7, 11) is 0. The summed E-state index contributed by atoms with van der Waals surface area (Å²) in [5, 5.41) is 1.28. The summed E-state index contributed by atoms with van der Waals surface area (Å²) < 4.78 is 1.30. The van der Waals surface area contributed by atoms with Gasteiger partial charge in [-0.1, -0.05) is 48.5 Å². The summed E-state index contributed by atoms with van der Waals surface area (Å²) in [6, 6.07) is 19.4. The highest BCUT2D eigenvalue weighted by Gasteiger charge is 2.20. The summed E-state index contributed by atoms with van der Waals surface area (Å²) in [5.74, 6) is 0.0945. The van der Waals surface area contributed by atoms with Gasteiger partial charge in [0.05, 0.1) is 0 Å². The maximum absolute atomic E-state index is 11.4. The lowest BCUT2D eigenvalue weighted by Gasteiger charge is -2.21. The zero-order chi connectivity index (χ0) is 16.5. The van der Waals surface area contributed by atoms with Gasteiger partial charge in [-0.25, -0.2) is 0 Å². The van der Waals surface area contributed by atoms with Crippen molar-refractivity contribution in [3.63, 3.8) is 0 Å². The average molecular weight is 330 g/mol.